The molecule has 2 atom stereocenters. The largest absolute Gasteiger partial charge is 0.393 e. The zero-order chi connectivity index (χ0) is 11.1. The van der Waals surface area contributed by atoms with E-state index in [2.05, 4.69) is 6.92 Å². The molecule has 15 heavy (non-hydrogen) atoms. The van der Waals surface area contributed by atoms with E-state index in [1.54, 1.807) is 0 Å². The van der Waals surface area contributed by atoms with E-state index in [0.717, 1.165) is 25.9 Å². The Balaban J connectivity index is 2.00. The van der Waals surface area contributed by atoms with Gasteiger partial charge >= 0.3 is 6.18 Å². The Kier molecular flexibility index (Phi) is 2.97. The van der Waals surface area contributed by atoms with Crippen molar-refractivity contribution >= 4 is 0 Å². The Morgan fingerprint density at radius 3 is 2.20 bits per heavy atom. The highest BCUT2D eigenvalue weighted by atomic mass is 19.4. The van der Waals surface area contributed by atoms with Gasteiger partial charge in [-0.15, -0.1) is 0 Å². The fourth-order valence-corrected chi connectivity index (χ4v) is 2.81. The van der Waals surface area contributed by atoms with Crippen LogP contribution in [-0.4, -0.2) is 30.2 Å². The lowest BCUT2D eigenvalue weighted by Crippen LogP contribution is -2.56. The van der Waals surface area contributed by atoms with Gasteiger partial charge in [0.1, 0.15) is 0 Å². The van der Waals surface area contributed by atoms with E-state index in [4.69, 9.17) is 0 Å². The van der Waals surface area contributed by atoms with E-state index in [9.17, 15) is 13.2 Å². The van der Waals surface area contributed by atoms with Crippen molar-refractivity contribution in [3.05, 3.63) is 6.92 Å². The minimum atomic E-state index is -4.02. The van der Waals surface area contributed by atoms with Gasteiger partial charge in [0, 0.05) is 19.1 Å². The van der Waals surface area contributed by atoms with Crippen molar-refractivity contribution in [1.29, 1.82) is 0 Å². The van der Waals surface area contributed by atoms with E-state index in [-0.39, 0.29) is 6.04 Å². The quantitative estimate of drug-likeness (QED) is 0.656. The van der Waals surface area contributed by atoms with Gasteiger partial charge in [-0.05, 0) is 25.7 Å². The average molecular weight is 220 g/mol. The maximum absolute atomic E-state index is 12.8. The molecule has 87 valence electrons. The lowest BCUT2D eigenvalue weighted by Gasteiger charge is -2.48. The first-order valence-electron chi connectivity index (χ1n) is 5.62. The molecule has 2 aliphatic rings. The smallest absolute Gasteiger partial charge is 0.299 e. The first-order chi connectivity index (χ1) is 6.98. The zero-order valence-corrected chi connectivity index (χ0v) is 8.76. The molecule has 4 heteroatoms. The van der Waals surface area contributed by atoms with Crippen LogP contribution in [0.3, 0.4) is 0 Å². The Bertz CT molecular complexity index is 220. The third-order valence-electron chi connectivity index (χ3n) is 3.60. The van der Waals surface area contributed by atoms with Gasteiger partial charge in [0.25, 0.3) is 0 Å². The van der Waals surface area contributed by atoms with Crippen LogP contribution in [0.15, 0.2) is 0 Å². The van der Waals surface area contributed by atoms with Gasteiger partial charge in [-0.1, -0.05) is 12.8 Å². The summed E-state index contributed by atoms with van der Waals surface area (Å²) in [5, 5.41) is 0. The topological polar surface area (TPSA) is 3.24 Å². The molecule has 0 aromatic carbocycles. The highest BCUT2D eigenvalue weighted by Gasteiger charge is 2.48. The molecule has 2 rings (SSSR count). The molecule has 0 aromatic rings. The van der Waals surface area contributed by atoms with E-state index in [1.165, 1.54) is 0 Å². The summed E-state index contributed by atoms with van der Waals surface area (Å²) >= 11 is 0. The molecule has 2 fully saturated rings. The van der Waals surface area contributed by atoms with Crippen LogP contribution in [0, 0.1) is 18.8 Å². The molecule has 1 saturated heterocycles. The second-order valence-corrected chi connectivity index (χ2v) is 4.82. The predicted octanol–water partition coefficient (Wildman–Crippen LogP) is 2.87. The minimum absolute atomic E-state index is 0.267. The first-order valence-corrected chi connectivity index (χ1v) is 5.62. The van der Waals surface area contributed by atoms with E-state index in [0.29, 0.717) is 18.8 Å². The predicted molar refractivity (Wildman–Crippen MR) is 52.2 cm³/mol. The molecule has 0 N–H and O–H groups in total. The molecule has 1 aliphatic carbocycles. The fourth-order valence-electron chi connectivity index (χ4n) is 2.81. The summed E-state index contributed by atoms with van der Waals surface area (Å²) in [6.07, 6.45) is -1.33. The lowest BCUT2D eigenvalue weighted by atomic mass is 9.81. The number of likely N-dealkylation sites (tertiary alicyclic amines) is 1. The Hall–Kier alpha value is -0.250. The Labute approximate surface area is 88.6 Å². The molecule has 0 aromatic heterocycles. The van der Waals surface area contributed by atoms with Crippen LogP contribution in [0.5, 0.6) is 0 Å². The third kappa shape index (κ3) is 2.30. The van der Waals surface area contributed by atoms with Gasteiger partial charge in [0.05, 0.1) is 5.92 Å². The Morgan fingerprint density at radius 1 is 1.07 bits per heavy atom. The normalized spacial score (nSPS) is 35.2. The van der Waals surface area contributed by atoms with Crippen LogP contribution in [-0.2, 0) is 0 Å². The molecule has 0 unspecified atom stereocenters. The van der Waals surface area contributed by atoms with Crippen LogP contribution < -0.4 is 0 Å². The molecular formula is C11H17F3N. The average Bonchev–Trinajstić information content (AvgIpc) is 2.12. The van der Waals surface area contributed by atoms with Crippen LogP contribution in [0.4, 0.5) is 13.2 Å². The number of halogens is 3. The first kappa shape index (κ1) is 11.2. The molecule has 0 amide bonds. The van der Waals surface area contributed by atoms with Crippen LogP contribution in [0.1, 0.15) is 25.7 Å². The zero-order valence-electron chi connectivity index (χ0n) is 8.76. The summed E-state index contributed by atoms with van der Waals surface area (Å²) in [5.74, 6) is -0.764. The summed E-state index contributed by atoms with van der Waals surface area (Å²) < 4.78 is 38.3. The molecule has 0 spiro atoms. The maximum Gasteiger partial charge on any atom is 0.393 e. The summed E-state index contributed by atoms with van der Waals surface area (Å²) in [7, 11) is 0. The molecule has 0 bridgehead atoms. The van der Waals surface area contributed by atoms with Crippen molar-refractivity contribution in [1.82, 2.24) is 4.90 Å². The van der Waals surface area contributed by atoms with Gasteiger partial charge < -0.3 is 0 Å². The molecule has 1 nitrogen and oxygen atoms in total. The standard InChI is InChI=1S/C11H17F3N/c1-8-6-15(7-8)10-5-3-2-4-9(10)11(12,13)14/h8-10H,1-7H2/t9-,10+/m1/s1. The van der Waals surface area contributed by atoms with Crippen molar-refractivity contribution in [3.63, 3.8) is 0 Å². The van der Waals surface area contributed by atoms with Gasteiger partial charge in [-0.3, -0.25) is 4.90 Å². The highest BCUT2D eigenvalue weighted by molar-refractivity contribution is 4.93. The van der Waals surface area contributed by atoms with Crippen molar-refractivity contribution in [2.75, 3.05) is 13.1 Å². The molecular weight excluding hydrogens is 203 g/mol. The molecule has 1 radical (unpaired) electrons. The number of hydrogen-bond donors (Lipinski definition) is 0. The van der Waals surface area contributed by atoms with Gasteiger partial charge in [-0.25, -0.2) is 0 Å². The summed E-state index contributed by atoms with van der Waals surface area (Å²) in [5.41, 5.74) is 0. The van der Waals surface area contributed by atoms with Crippen LogP contribution in [0.2, 0.25) is 0 Å². The summed E-state index contributed by atoms with van der Waals surface area (Å²) in [6.45, 7) is 5.35. The van der Waals surface area contributed by atoms with E-state index < -0.39 is 12.1 Å². The Morgan fingerprint density at radius 2 is 1.67 bits per heavy atom. The van der Waals surface area contributed by atoms with Crippen molar-refractivity contribution < 1.29 is 13.2 Å². The summed E-state index contributed by atoms with van der Waals surface area (Å²) in [6, 6.07) is -0.267. The SMILES string of the molecule is [CH2]C1CN([C@H]2CCCC[C@H]2C(F)(F)F)C1. The third-order valence-corrected chi connectivity index (χ3v) is 3.60. The second kappa shape index (κ2) is 3.96. The van der Waals surface area contributed by atoms with Gasteiger partial charge in [0.15, 0.2) is 0 Å². The monoisotopic (exact) mass is 220 g/mol. The van der Waals surface area contributed by atoms with Crippen molar-refractivity contribution in [2.24, 2.45) is 11.8 Å². The number of hydrogen-bond acceptors (Lipinski definition) is 1. The fraction of sp³-hybridized carbons (Fsp3) is 0.909. The molecule has 1 heterocycles. The molecule has 1 aliphatic heterocycles. The second-order valence-electron chi connectivity index (χ2n) is 4.82. The van der Waals surface area contributed by atoms with Gasteiger partial charge in [0.2, 0.25) is 0 Å². The number of rotatable bonds is 1. The number of alkyl halides is 3. The van der Waals surface area contributed by atoms with E-state index >= 15 is 0 Å². The molecule has 1 saturated carbocycles. The maximum atomic E-state index is 12.8. The lowest BCUT2D eigenvalue weighted by molar-refractivity contribution is -0.204. The highest BCUT2D eigenvalue weighted by Crippen LogP contribution is 2.41. The van der Waals surface area contributed by atoms with Crippen molar-refractivity contribution in [2.45, 2.75) is 37.9 Å². The summed E-state index contributed by atoms with van der Waals surface area (Å²) in [4.78, 5) is 1.97. The number of nitrogens with zero attached hydrogens (tertiary/aromatic N) is 1. The van der Waals surface area contributed by atoms with Crippen LogP contribution >= 0.6 is 0 Å². The van der Waals surface area contributed by atoms with Gasteiger partial charge in [-0.2, -0.15) is 13.2 Å². The van der Waals surface area contributed by atoms with Crippen LogP contribution in [0.25, 0.3) is 0 Å². The van der Waals surface area contributed by atoms with E-state index in [1.807, 2.05) is 4.90 Å². The van der Waals surface area contributed by atoms with Crippen molar-refractivity contribution in [3.8, 4) is 0 Å². The minimum Gasteiger partial charge on any atom is -0.299 e.